The van der Waals surface area contributed by atoms with Crippen molar-refractivity contribution in [3.63, 3.8) is 0 Å². The van der Waals surface area contributed by atoms with Crippen LogP contribution in [0.3, 0.4) is 0 Å². The number of likely N-dealkylation sites (tertiary alicyclic amines) is 1. The lowest BCUT2D eigenvalue weighted by molar-refractivity contribution is -0.117. The molecule has 0 bridgehead atoms. The van der Waals surface area contributed by atoms with Crippen molar-refractivity contribution in [2.24, 2.45) is 11.7 Å². The molecule has 0 aromatic heterocycles. The van der Waals surface area contributed by atoms with Crippen LogP contribution in [0.15, 0.2) is 24.3 Å². The van der Waals surface area contributed by atoms with Gasteiger partial charge in [-0.3, -0.25) is 9.69 Å². The SMILES string of the molecule is N#Cc1ccc(NC(=O)CN2CCC(CN)C2)cc1. The molecule has 0 aliphatic carbocycles. The van der Waals surface area contributed by atoms with Crippen LogP contribution in [0.25, 0.3) is 0 Å². The van der Waals surface area contributed by atoms with Crippen LogP contribution in [0.2, 0.25) is 0 Å². The molecule has 1 aromatic carbocycles. The third-order valence-electron chi connectivity index (χ3n) is 3.37. The zero-order valence-corrected chi connectivity index (χ0v) is 10.8. The summed E-state index contributed by atoms with van der Waals surface area (Å²) in [6, 6.07) is 8.90. The molecule has 100 valence electrons. The predicted molar refractivity (Wildman–Crippen MR) is 73.4 cm³/mol. The van der Waals surface area contributed by atoms with Gasteiger partial charge in [0.25, 0.3) is 0 Å². The van der Waals surface area contributed by atoms with Gasteiger partial charge in [0.05, 0.1) is 18.2 Å². The molecule has 1 aliphatic rings. The number of nitriles is 1. The van der Waals surface area contributed by atoms with E-state index in [2.05, 4.69) is 10.2 Å². The summed E-state index contributed by atoms with van der Waals surface area (Å²) in [7, 11) is 0. The van der Waals surface area contributed by atoms with Gasteiger partial charge in [-0.05, 0) is 49.7 Å². The molecule has 1 unspecified atom stereocenters. The number of rotatable bonds is 4. The van der Waals surface area contributed by atoms with Crippen molar-refractivity contribution in [1.29, 1.82) is 5.26 Å². The third-order valence-corrected chi connectivity index (χ3v) is 3.37. The number of anilines is 1. The maximum Gasteiger partial charge on any atom is 0.238 e. The van der Waals surface area contributed by atoms with Crippen molar-refractivity contribution < 1.29 is 4.79 Å². The Labute approximate surface area is 113 Å². The molecule has 1 heterocycles. The number of hydrogen-bond donors (Lipinski definition) is 2. The van der Waals surface area contributed by atoms with E-state index >= 15 is 0 Å². The fraction of sp³-hybridized carbons (Fsp3) is 0.429. The minimum absolute atomic E-state index is 0.0256. The maximum absolute atomic E-state index is 11.9. The molecule has 2 rings (SSSR count). The van der Waals surface area contributed by atoms with Gasteiger partial charge in [0, 0.05) is 12.2 Å². The van der Waals surface area contributed by atoms with Gasteiger partial charge in [-0.15, -0.1) is 0 Å². The van der Waals surface area contributed by atoms with Crippen molar-refractivity contribution in [2.45, 2.75) is 6.42 Å². The monoisotopic (exact) mass is 258 g/mol. The first-order valence-electron chi connectivity index (χ1n) is 6.43. The summed E-state index contributed by atoms with van der Waals surface area (Å²) in [5.74, 6) is 0.491. The number of nitrogens with one attached hydrogen (secondary N) is 1. The first-order valence-corrected chi connectivity index (χ1v) is 6.43. The number of nitrogens with two attached hydrogens (primary N) is 1. The van der Waals surface area contributed by atoms with Gasteiger partial charge in [0.15, 0.2) is 0 Å². The van der Waals surface area contributed by atoms with Crippen molar-refractivity contribution in [1.82, 2.24) is 4.90 Å². The number of carbonyl (C=O) groups excluding carboxylic acids is 1. The molecule has 1 atom stereocenters. The van der Waals surface area contributed by atoms with Crippen LogP contribution in [0, 0.1) is 17.2 Å². The van der Waals surface area contributed by atoms with Crippen LogP contribution in [0.5, 0.6) is 0 Å². The summed E-state index contributed by atoms with van der Waals surface area (Å²) in [5, 5.41) is 11.5. The summed E-state index contributed by atoms with van der Waals surface area (Å²) < 4.78 is 0. The highest BCUT2D eigenvalue weighted by Gasteiger charge is 2.22. The predicted octanol–water partition coefficient (Wildman–Crippen LogP) is 0.777. The highest BCUT2D eigenvalue weighted by molar-refractivity contribution is 5.92. The summed E-state index contributed by atoms with van der Waals surface area (Å²) in [5.41, 5.74) is 6.93. The third kappa shape index (κ3) is 3.78. The largest absolute Gasteiger partial charge is 0.330 e. The number of hydrogen-bond acceptors (Lipinski definition) is 4. The van der Waals surface area contributed by atoms with Crippen LogP contribution in [-0.2, 0) is 4.79 Å². The summed E-state index contributed by atoms with van der Waals surface area (Å²) in [6.07, 6.45) is 1.07. The van der Waals surface area contributed by atoms with Crippen LogP contribution in [0.1, 0.15) is 12.0 Å². The smallest absolute Gasteiger partial charge is 0.238 e. The zero-order chi connectivity index (χ0) is 13.7. The van der Waals surface area contributed by atoms with Gasteiger partial charge in [-0.2, -0.15) is 5.26 Å². The average Bonchev–Trinajstić information content (AvgIpc) is 2.87. The van der Waals surface area contributed by atoms with E-state index in [9.17, 15) is 4.79 Å². The highest BCUT2D eigenvalue weighted by Crippen LogP contribution is 2.14. The van der Waals surface area contributed by atoms with Crippen molar-refractivity contribution in [3.8, 4) is 6.07 Å². The zero-order valence-electron chi connectivity index (χ0n) is 10.8. The van der Waals surface area contributed by atoms with E-state index in [0.29, 0.717) is 24.6 Å². The van der Waals surface area contributed by atoms with E-state index in [-0.39, 0.29) is 5.91 Å². The van der Waals surface area contributed by atoms with Gasteiger partial charge in [-0.1, -0.05) is 0 Å². The molecular weight excluding hydrogens is 240 g/mol. The lowest BCUT2D eigenvalue weighted by atomic mass is 10.1. The molecule has 1 amide bonds. The molecule has 1 fully saturated rings. The molecule has 0 radical (unpaired) electrons. The molecular formula is C14H18N4O. The van der Waals surface area contributed by atoms with E-state index in [4.69, 9.17) is 11.0 Å². The molecule has 5 heteroatoms. The molecule has 3 N–H and O–H groups in total. The lowest BCUT2D eigenvalue weighted by Gasteiger charge is -2.15. The second kappa shape index (κ2) is 6.32. The Morgan fingerprint density at radius 3 is 2.79 bits per heavy atom. The van der Waals surface area contributed by atoms with Crippen LogP contribution >= 0.6 is 0 Å². The van der Waals surface area contributed by atoms with Crippen molar-refractivity contribution in [3.05, 3.63) is 29.8 Å². The molecule has 19 heavy (non-hydrogen) atoms. The average molecular weight is 258 g/mol. The van der Waals surface area contributed by atoms with E-state index in [1.54, 1.807) is 24.3 Å². The lowest BCUT2D eigenvalue weighted by Crippen LogP contribution is -2.32. The fourth-order valence-electron chi connectivity index (χ4n) is 2.28. The maximum atomic E-state index is 11.9. The van der Waals surface area contributed by atoms with E-state index in [0.717, 1.165) is 25.2 Å². The molecule has 5 nitrogen and oxygen atoms in total. The normalized spacial score (nSPS) is 19.1. The summed E-state index contributed by atoms with van der Waals surface area (Å²) in [6.45, 7) is 2.92. The van der Waals surface area contributed by atoms with Gasteiger partial charge in [0.2, 0.25) is 5.91 Å². The number of nitrogens with zero attached hydrogens (tertiary/aromatic N) is 2. The van der Waals surface area contributed by atoms with Gasteiger partial charge in [-0.25, -0.2) is 0 Å². The molecule has 0 saturated carbocycles. The number of amides is 1. The van der Waals surface area contributed by atoms with Gasteiger partial charge >= 0.3 is 0 Å². The minimum Gasteiger partial charge on any atom is -0.330 e. The van der Waals surface area contributed by atoms with Crippen molar-refractivity contribution >= 4 is 11.6 Å². The number of carbonyl (C=O) groups is 1. The second-order valence-electron chi connectivity index (χ2n) is 4.86. The van der Waals surface area contributed by atoms with Crippen molar-refractivity contribution in [2.75, 3.05) is 31.5 Å². The Bertz CT molecular complexity index is 477. The molecule has 1 saturated heterocycles. The topological polar surface area (TPSA) is 82.2 Å². The molecule has 1 aliphatic heterocycles. The van der Waals surface area contributed by atoms with Crippen LogP contribution in [0.4, 0.5) is 5.69 Å². The van der Waals surface area contributed by atoms with Gasteiger partial charge < -0.3 is 11.1 Å². The summed E-state index contributed by atoms with van der Waals surface area (Å²) >= 11 is 0. The quantitative estimate of drug-likeness (QED) is 0.836. The van der Waals surface area contributed by atoms with E-state index in [1.165, 1.54) is 0 Å². The standard InChI is InChI=1S/C14H18N4O/c15-7-11-1-3-13(4-2-11)17-14(19)10-18-6-5-12(8-16)9-18/h1-4,12H,5-6,8-10,16H2,(H,17,19). The summed E-state index contributed by atoms with van der Waals surface area (Å²) in [4.78, 5) is 14.0. The molecule has 1 aromatic rings. The first-order chi connectivity index (χ1) is 9.21. The Morgan fingerprint density at radius 1 is 1.47 bits per heavy atom. The molecule has 0 spiro atoms. The van der Waals surface area contributed by atoms with Crippen LogP contribution in [-0.4, -0.2) is 37.0 Å². The second-order valence-corrected chi connectivity index (χ2v) is 4.86. The van der Waals surface area contributed by atoms with E-state index in [1.807, 2.05) is 6.07 Å². The van der Waals surface area contributed by atoms with Gasteiger partial charge in [0.1, 0.15) is 0 Å². The Kier molecular flexibility index (Phi) is 4.50. The van der Waals surface area contributed by atoms with E-state index < -0.39 is 0 Å². The Hall–Kier alpha value is -1.90. The fourth-order valence-corrected chi connectivity index (χ4v) is 2.28. The van der Waals surface area contributed by atoms with Crippen LogP contribution < -0.4 is 11.1 Å². The number of benzene rings is 1. The Balaban J connectivity index is 1.82. The first kappa shape index (κ1) is 13.5. The highest BCUT2D eigenvalue weighted by atomic mass is 16.2. The minimum atomic E-state index is -0.0256. The Morgan fingerprint density at radius 2 is 2.21 bits per heavy atom.